The molecule has 0 amide bonds. The SMILES string of the molecule is CC(C)=CC[C@H]1C(=O)C2=C(OC(C)(C)C=C2)C(=O)[C@@]12OC(=O)C1=C[C@]3(O)C[C@H]4C(C)(C)O[C@@](CC=C(C)C)(C3=O)[C@@]14O2. The smallest absolute Gasteiger partial charge is 0.339 e. The highest BCUT2D eigenvalue weighted by Gasteiger charge is 2.86. The number of rotatable bonds is 4. The predicted molar refractivity (Wildman–Crippen MR) is 150 cm³/mol. The molecule has 9 heteroatoms. The molecule has 6 atom stereocenters. The summed E-state index contributed by atoms with van der Waals surface area (Å²) in [5.41, 5.74) is -5.81. The summed E-state index contributed by atoms with van der Waals surface area (Å²) in [5, 5.41) is 11.6. The number of ketones is 3. The summed E-state index contributed by atoms with van der Waals surface area (Å²) < 4.78 is 25.6. The molecular weight excluding hydrogens is 540 g/mol. The number of ether oxygens (including phenoxy) is 4. The van der Waals surface area contributed by atoms with Crippen LogP contribution in [0.4, 0.5) is 0 Å². The maximum atomic E-state index is 14.6. The lowest BCUT2D eigenvalue weighted by Crippen LogP contribution is -2.80. The highest BCUT2D eigenvalue weighted by molar-refractivity contribution is 6.19. The number of carbonyl (C=O) groups is 4. The summed E-state index contributed by atoms with van der Waals surface area (Å²) in [5.74, 6) is -7.49. The zero-order valence-corrected chi connectivity index (χ0v) is 25.4. The zero-order valence-electron chi connectivity index (χ0n) is 25.4. The van der Waals surface area contributed by atoms with E-state index in [1.165, 1.54) is 6.08 Å². The van der Waals surface area contributed by atoms with Crippen molar-refractivity contribution in [2.45, 2.75) is 108 Å². The Labute approximate surface area is 245 Å². The normalized spacial score (nSPS) is 40.3. The van der Waals surface area contributed by atoms with Gasteiger partial charge in [0.05, 0.1) is 22.7 Å². The van der Waals surface area contributed by atoms with Crippen LogP contribution in [0.5, 0.6) is 0 Å². The molecule has 0 aromatic heterocycles. The van der Waals surface area contributed by atoms with Gasteiger partial charge in [-0.15, -0.1) is 0 Å². The average Bonchev–Trinajstić information content (AvgIpc) is 3.03. The standard InChI is InChI=1S/C33H38O9/c1-17(2)9-10-20-23(34)19-12-13-28(5,6)39-24(19)25(35)33(20)40-26(36)21-15-30(38)16-22-29(7,8)41-31(27(30)37,14-11-18(3)4)32(21,22)42-33/h9,11-13,15,20,22,38H,10,14,16H2,1-8H3/t20-,22-,30-,31-,32+,33+/m0/s1. The Kier molecular flexibility index (Phi) is 5.85. The molecule has 0 radical (unpaired) electrons. The summed E-state index contributed by atoms with van der Waals surface area (Å²) in [4.78, 5) is 57.3. The van der Waals surface area contributed by atoms with Crippen LogP contribution < -0.4 is 0 Å². The quantitative estimate of drug-likeness (QED) is 0.391. The van der Waals surface area contributed by atoms with E-state index in [2.05, 4.69) is 0 Å². The second-order valence-corrected chi connectivity index (χ2v) is 14.0. The molecular formula is C33H38O9. The predicted octanol–water partition coefficient (Wildman–Crippen LogP) is 3.90. The molecule has 4 aliphatic carbocycles. The number of Topliss-reactive ketones (excluding diaryl/α,β-unsaturated/α-hetero) is 3. The Morgan fingerprint density at radius 3 is 2.29 bits per heavy atom. The Hall–Kier alpha value is -3.14. The monoisotopic (exact) mass is 578 g/mol. The van der Waals surface area contributed by atoms with Crippen LogP contribution in [0.1, 0.15) is 74.7 Å². The molecule has 2 spiro atoms. The van der Waals surface area contributed by atoms with Gasteiger partial charge in [-0.3, -0.25) is 14.4 Å². The molecule has 3 heterocycles. The van der Waals surface area contributed by atoms with Gasteiger partial charge in [0.1, 0.15) is 16.8 Å². The first-order valence-corrected chi connectivity index (χ1v) is 14.5. The first kappa shape index (κ1) is 29.0. The van der Waals surface area contributed by atoms with Crippen molar-refractivity contribution in [1.29, 1.82) is 0 Å². The summed E-state index contributed by atoms with van der Waals surface area (Å²) in [6, 6.07) is 0. The Morgan fingerprint density at radius 2 is 1.64 bits per heavy atom. The molecule has 3 fully saturated rings. The number of hydrogen-bond donors (Lipinski definition) is 1. The fraction of sp³-hybridized carbons (Fsp3) is 0.576. The molecule has 1 N–H and O–H groups in total. The topological polar surface area (TPSA) is 125 Å². The van der Waals surface area contributed by atoms with Crippen molar-refractivity contribution in [2.75, 3.05) is 0 Å². The van der Waals surface area contributed by atoms with E-state index in [-0.39, 0.29) is 36.2 Å². The molecule has 0 aromatic carbocycles. The third kappa shape index (κ3) is 3.47. The van der Waals surface area contributed by atoms with Gasteiger partial charge in [-0.2, -0.15) is 0 Å². The lowest BCUT2D eigenvalue weighted by atomic mass is 9.50. The van der Waals surface area contributed by atoms with Gasteiger partial charge in [-0.25, -0.2) is 4.79 Å². The number of allylic oxidation sites excluding steroid dienone is 5. The molecule has 9 nitrogen and oxygen atoms in total. The number of esters is 1. The van der Waals surface area contributed by atoms with E-state index in [9.17, 15) is 24.3 Å². The van der Waals surface area contributed by atoms with E-state index >= 15 is 0 Å². The summed E-state index contributed by atoms with van der Waals surface area (Å²) in [6.07, 6.45) is 8.02. The minimum absolute atomic E-state index is 0.0158. The van der Waals surface area contributed by atoms with Gasteiger partial charge in [-0.05, 0) is 86.5 Å². The van der Waals surface area contributed by atoms with E-state index in [4.69, 9.17) is 18.9 Å². The van der Waals surface area contributed by atoms with Crippen molar-refractivity contribution in [2.24, 2.45) is 11.8 Å². The van der Waals surface area contributed by atoms with Crippen molar-refractivity contribution in [3.8, 4) is 0 Å². The largest absolute Gasteiger partial charge is 0.479 e. The van der Waals surface area contributed by atoms with Gasteiger partial charge >= 0.3 is 5.97 Å². The van der Waals surface area contributed by atoms with Crippen molar-refractivity contribution in [3.05, 3.63) is 58.4 Å². The van der Waals surface area contributed by atoms with Gasteiger partial charge in [0.25, 0.3) is 11.6 Å². The second kappa shape index (κ2) is 8.49. The van der Waals surface area contributed by atoms with Crippen LogP contribution in [0.15, 0.2) is 58.4 Å². The van der Waals surface area contributed by atoms with Crippen LogP contribution in [0.3, 0.4) is 0 Å². The minimum Gasteiger partial charge on any atom is -0.479 e. The van der Waals surface area contributed by atoms with Crippen molar-refractivity contribution in [3.63, 3.8) is 0 Å². The fourth-order valence-electron chi connectivity index (χ4n) is 7.71. The molecule has 42 heavy (non-hydrogen) atoms. The summed E-state index contributed by atoms with van der Waals surface area (Å²) >= 11 is 0. The molecule has 7 aliphatic rings. The van der Waals surface area contributed by atoms with E-state index in [0.717, 1.165) is 11.1 Å². The minimum atomic E-state index is -2.43. The van der Waals surface area contributed by atoms with E-state index in [0.29, 0.717) is 0 Å². The first-order valence-electron chi connectivity index (χ1n) is 14.5. The van der Waals surface area contributed by atoms with E-state index in [1.54, 1.807) is 52.0 Å². The Morgan fingerprint density at radius 1 is 0.976 bits per heavy atom. The van der Waals surface area contributed by atoms with Crippen LogP contribution in [0, 0.1) is 11.8 Å². The molecule has 3 aliphatic heterocycles. The molecule has 224 valence electrons. The van der Waals surface area contributed by atoms with Gasteiger partial charge < -0.3 is 24.1 Å². The number of aliphatic hydroxyl groups is 1. The van der Waals surface area contributed by atoms with Crippen molar-refractivity contribution >= 4 is 23.3 Å². The van der Waals surface area contributed by atoms with Gasteiger partial charge in [0, 0.05) is 12.3 Å². The zero-order chi connectivity index (χ0) is 30.8. The van der Waals surface area contributed by atoms with Crippen LogP contribution in [0.2, 0.25) is 0 Å². The molecule has 7 rings (SSSR count). The van der Waals surface area contributed by atoms with E-state index in [1.807, 2.05) is 27.7 Å². The second-order valence-electron chi connectivity index (χ2n) is 14.0. The Balaban J connectivity index is 1.63. The third-order valence-corrected chi connectivity index (χ3v) is 9.59. The fourth-order valence-corrected chi connectivity index (χ4v) is 7.71. The molecule has 1 saturated carbocycles. The summed E-state index contributed by atoms with van der Waals surface area (Å²) in [7, 11) is 0. The highest BCUT2D eigenvalue weighted by atomic mass is 16.8. The lowest BCUT2D eigenvalue weighted by molar-refractivity contribution is -0.320. The van der Waals surface area contributed by atoms with Gasteiger partial charge in [-0.1, -0.05) is 23.3 Å². The molecule has 2 saturated heterocycles. The molecule has 0 unspecified atom stereocenters. The van der Waals surface area contributed by atoms with Gasteiger partial charge in [0.2, 0.25) is 5.78 Å². The van der Waals surface area contributed by atoms with Crippen LogP contribution in [0.25, 0.3) is 0 Å². The summed E-state index contributed by atoms with van der Waals surface area (Å²) in [6.45, 7) is 14.5. The van der Waals surface area contributed by atoms with Crippen LogP contribution in [-0.2, 0) is 38.1 Å². The molecule has 0 aromatic rings. The first-order chi connectivity index (χ1) is 19.4. The van der Waals surface area contributed by atoms with Crippen LogP contribution >= 0.6 is 0 Å². The van der Waals surface area contributed by atoms with Gasteiger partial charge in [0.15, 0.2) is 17.1 Å². The number of carbonyl (C=O) groups excluding carboxylic acids is 4. The maximum absolute atomic E-state index is 14.6. The van der Waals surface area contributed by atoms with Crippen LogP contribution in [-0.4, -0.2) is 62.2 Å². The number of hydrogen-bond acceptors (Lipinski definition) is 9. The maximum Gasteiger partial charge on any atom is 0.339 e. The average molecular weight is 579 g/mol. The Bertz CT molecular complexity index is 1510. The third-order valence-electron chi connectivity index (χ3n) is 9.59. The van der Waals surface area contributed by atoms with Crippen molar-refractivity contribution < 1.29 is 43.2 Å². The highest BCUT2D eigenvalue weighted by Crippen LogP contribution is 2.69. The molecule has 4 bridgehead atoms. The van der Waals surface area contributed by atoms with E-state index < -0.39 is 68.9 Å². The lowest BCUT2D eigenvalue weighted by Gasteiger charge is -2.61. The van der Waals surface area contributed by atoms with Crippen molar-refractivity contribution in [1.82, 2.24) is 0 Å².